The highest BCUT2D eigenvalue weighted by atomic mass is 32.2. The molecule has 1 N–H and O–H groups in total. The fourth-order valence-electron chi connectivity index (χ4n) is 1.75. The molecule has 0 aliphatic rings. The molecule has 0 aromatic heterocycles. The number of halogens is 4. The zero-order valence-corrected chi connectivity index (χ0v) is 12.1. The van der Waals surface area contributed by atoms with Crippen molar-refractivity contribution in [1.29, 1.82) is 0 Å². The van der Waals surface area contributed by atoms with Gasteiger partial charge in [0, 0.05) is 0 Å². The van der Waals surface area contributed by atoms with Gasteiger partial charge in [-0.1, -0.05) is 12.1 Å². The van der Waals surface area contributed by atoms with E-state index in [1.54, 1.807) is 6.92 Å². The molecule has 0 fully saturated rings. The Hall–Kier alpha value is -2.09. The van der Waals surface area contributed by atoms with Crippen molar-refractivity contribution in [3.63, 3.8) is 0 Å². The van der Waals surface area contributed by atoms with Gasteiger partial charge in [0.25, 0.3) is 10.0 Å². The Morgan fingerprint density at radius 2 is 1.73 bits per heavy atom. The summed E-state index contributed by atoms with van der Waals surface area (Å²) in [6, 6.07) is 6.79. The first kappa shape index (κ1) is 16.3. The number of benzene rings is 2. The summed E-state index contributed by atoms with van der Waals surface area (Å²) in [5, 5.41) is 0. The molecule has 0 aliphatic heterocycles. The van der Waals surface area contributed by atoms with E-state index >= 15 is 0 Å². The predicted octanol–water partition coefficient (Wildman–Crippen LogP) is 3.95. The molecule has 0 spiro atoms. The van der Waals surface area contributed by atoms with Crippen LogP contribution in [-0.2, 0) is 16.2 Å². The van der Waals surface area contributed by atoms with Gasteiger partial charge >= 0.3 is 6.18 Å². The minimum atomic E-state index is -4.65. The molecule has 2 aromatic rings. The maximum Gasteiger partial charge on any atom is 0.416 e. The fraction of sp³-hybridized carbons (Fsp3) is 0.143. The monoisotopic (exact) mass is 333 g/mol. The van der Waals surface area contributed by atoms with E-state index in [1.165, 1.54) is 6.07 Å². The molecule has 22 heavy (non-hydrogen) atoms. The average Bonchev–Trinajstić information content (AvgIpc) is 2.42. The Labute approximate surface area is 124 Å². The van der Waals surface area contributed by atoms with Crippen molar-refractivity contribution in [2.45, 2.75) is 18.0 Å². The maximum atomic E-state index is 13.2. The van der Waals surface area contributed by atoms with E-state index in [4.69, 9.17) is 0 Å². The zero-order chi connectivity index (χ0) is 16.5. The largest absolute Gasteiger partial charge is 0.416 e. The number of alkyl halides is 3. The molecule has 0 unspecified atom stereocenters. The molecule has 0 saturated heterocycles. The second kappa shape index (κ2) is 5.60. The standard InChI is InChI=1S/C14H11F4NO2S/c1-9-5-6-11(15)8-13(9)19-22(20,21)12-4-2-3-10(7-12)14(16,17)18/h2-8,19H,1H3. The average molecular weight is 333 g/mol. The van der Waals surface area contributed by atoms with Gasteiger partial charge in [0.2, 0.25) is 0 Å². The molecule has 2 aromatic carbocycles. The van der Waals surface area contributed by atoms with Crippen LogP contribution in [0.3, 0.4) is 0 Å². The highest BCUT2D eigenvalue weighted by Crippen LogP contribution is 2.31. The molecule has 0 saturated carbocycles. The number of sulfonamides is 1. The van der Waals surface area contributed by atoms with Gasteiger partial charge in [0.15, 0.2) is 0 Å². The Morgan fingerprint density at radius 1 is 1.05 bits per heavy atom. The summed E-state index contributed by atoms with van der Waals surface area (Å²) in [7, 11) is -4.25. The van der Waals surface area contributed by atoms with Crippen LogP contribution in [0.15, 0.2) is 47.4 Å². The molecule has 0 aliphatic carbocycles. The van der Waals surface area contributed by atoms with Crippen molar-refractivity contribution >= 4 is 15.7 Å². The van der Waals surface area contributed by atoms with E-state index < -0.39 is 32.5 Å². The second-order valence-corrected chi connectivity index (χ2v) is 6.27. The smallest absolute Gasteiger partial charge is 0.279 e. The lowest BCUT2D eigenvalue weighted by Crippen LogP contribution is -2.15. The summed E-state index contributed by atoms with van der Waals surface area (Å²) in [6.07, 6.45) is -4.65. The lowest BCUT2D eigenvalue weighted by atomic mass is 10.2. The first-order chi connectivity index (χ1) is 10.1. The zero-order valence-electron chi connectivity index (χ0n) is 11.3. The molecule has 8 heteroatoms. The van der Waals surface area contributed by atoms with Crippen molar-refractivity contribution in [2.24, 2.45) is 0 Å². The summed E-state index contributed by atoms with van der Waals surface area (Å²) in [5.74, 6) is -0.660. The molecule has 0 bridgehead atoms. The Kier molecular flexibility index (Phi) is 4.15. The lowest BCUT2D eigenvalue weighted by Gasteiger charge is -2.12. The van der Waals surface area contributed by atoms with Crippen molar-refractivity contribution in [3.05, 3.63) is 59.4 Å². The van der Waals surface area contributed by atoms with Crippen molar-refractivity contribution in [2.75, 3.05) is 4.72 Å². The molecule has 0 radical (unpaired) electrons. The third-order valence-corrected chi connectivity index (χ3v) is 4.28. The SMILES string of the molecule is Cc1ccc(F)cc1NS(=O)(=O)c1cccc(C(F)(F)F)c1. The molecule has 118 valence electrons. The lowest BCUT2D eigenvalue weighted by molar-refractivity contribution is -0.137. The normalized spacial score (nSPS) is 12.2. The summed E-state index contributed by atoms with van der Waals surface area (Å²) in [4.78, 5) is -0.550. The van der Waals surface area contributed by atoms with Gasteiger partial charge in [-0.25, -0.2) is 12.8 Å². The minimum absolute atomic E-state index is 0.0302. The number of aryl methyl sites for hydroxylation is 1. The minimum Gasteiger partial charge on any atom is -0.279 e. The molecule has 3 nitrogen and oxygen atoms in total. The Morgan fingerprint density at radius 3 is 2.36 bits per heavy atom. The number of hydrogen-bond donors (Lipinski definition) is 1. The Balaban J connectivity index is 2.41. The van der Waals surface area contributed by atoms with Crippen LogP contribution < -0.4 is 4.72 Å². The van der Waals surface area contributed by atoms with Gasteiger partial charge in [-0.3, -0.25) is 4.72 Å². The first-order valence-corrected chi connectivity index (χ1v) is 7.54. The van der Waals surface area contributed by atoms with Crippen molar-refractivity contribution < 1.29 is 26.0 Å². The van der Waals surface area contributed by atoms with E-state index in [0.29, 0.717) is 11.6 Å². The molecular weight excluding hydrogens is 322 g/mol. The van der Waals surface area contributed by atoms with Gasteiger partial charge in [-0.05, 0) is 42.8 Å². The number of hydrogen-bond acceptors (Lipinski definition) is 2. The van der Waals surface area contributed by atoms with E-state index in [2.05, 4.69) is 4.72 Å². The molecule has 0 heterocycles. The van der Waals surface area contributed by atoms with Gasteiger partial charge in [0.1, 0.15) is 5.82 Å². The van der Waals surface area contributed by atoms with Gasteiger partial charge < -0.3 is 0 Å². The van der Waals surface area contributed by atoms with E-state index in [1.807, 2.05) is 0 Å². The molecule has 2 rings (SSSR count). The van der Waals surface area contributed by atoms with Gasteiger partial charge in [0.05, 0.1) is 16.1 Å². The molecule has 0 amide bonds. The van der Waals surface area contributed by atoms with Gasteiger partial charge in [-0.15, -0.1) is 0 Å². The third kappa shape index (κ3) is 3.56. The number of rotatable bonds is 3. The van der Waals surface area contributed by atoms with E-state index in [0.717, 1.165) is 30.3 Å². The number of anilines is 1. The third-order valence-electron chi connectivity index (χ3n) is 2.92. The van der Waals surface area contributed by atoms with Crippen LogP contribution in [0.25, 0.3) is 0 Å². The van der Waals surface area contributed by atoms with Crippen molar-refractivity contribution in [3.8, 4) is 0 Å². The van der Waals surface area contributed by atoms with Crippen LogP contribution in [0.2, 0.25) is 0 Å². The molecule has 0 atom stereocenters. The fourth-order valence-corrected chi connectivity index (χ4v) is 2.91. The van der Waals surface area contributed by atoms with Crippen LogP contribution >= 0.6 is 0 Å². The van der Waals surface area contributed by atoms with Crippen LogP contribution in [0, 0.1) is 12.7 Å². The number of nitrogens with one attached hydrogen (secondary N) is 1. The summed E-state index contributed by atoms with van der Waals surface area (Å²) >= 11 is 0. The second-order valence-electron chi connectivity index (χ2n) is 4.59. The van der Waals surface area contributed by atoms with Crippen LogP contribution in [0.1, 0.15) is 11.1 Å². The highest BCUT2D eigenvalue weighted by molar-refractivity contribution is 7.92. The van der Waals surface area contributed by atoms with Crippen LogP contribution in [-0.4, -0.2) is 8.42 Å². The van der Waals surface area contributed by atoms with E-state index in [9.17, 15) is 26.0 Å². The summed E-state index contributed by atoms with van der Waals surface area (Å²) in [6.45, 7) is 1.55. The maximum absolute atomic E-state index is 13.2. The predicted molar refractivity (Wildman–Crippen MR) is 73.4 cm³/mol. The van der Waals surface area contributed by atoms with Crippen LogP contribution in [0.5, 0.6) is 0 Å². The highest BCUT2D eigenvalue weighted by Gasteiger charge is 2.31. The Bertz CT molecular complexity index is 801. The van der Waals surface area contributed by atoms with Gasteiger partial charge in [-0.2, -0.15) is 13.2 Å². The van der Waals surface area contributed by atoms with Crippen molar-refractivity contribution in [1.82, 2.24) is 0 Å². The quantitative estimate of drug-likeness (QED) is 0.865. The van der Waals surface area contributed by atoms with Crippen LogP contribution in [0.4, 0.5) is 23.2 Å². The topological polar surface area (TPSA) is 46.2 Å². The molecular formula is C14H11F4NO2S. The summed E-state index contributed by atoms with van der Waals surface area (Å²) < 4.78 is 77.4. The van der Waals surface area contributed by atoms with E-state index in [-0.39, 0.29) is 5.69 Å². The first-order valence-electron chi connectivity index (χ1n) is 6.06. The summed E-state index contributed by atoms with van der Waals surface area (Å²) in [5.41, 5.74) is -0.666.